The van der Waals surface area contributed by atoms with Crippen molar-refractivity contribution in [3.05, 3.63) is 0 Å². The summed E-state index contributed by atoms with van der Waals surface area (Å²) in [6.45, 7) is 7.05. The molecule has 2 rings (SSSR count). The Labute approximate surface area is 103 Å². The summed E-state index contributed by atoms with van der Waals surface area (Å²) in [7, 11) is 0. The van der Waals surface area contributed by atoms with Crippen LogP contribution in [0.3, 0.4) is 0 Å². The second kappa shape index (κ2) is 6.33. The number of piperazine rings is 1. The van der Waals surface area contributed by atoms with Gasteiger partial charge in [0.05, 0.1) is 12.6 Å². The predicted octanol–water partition coefficient (Wildman–Crippen LogP) is -0.425. The Morgan fingerprint density at radius 1 is 1.59 bits per heavy atom. The number of carbonyl (C=O) groups is 1. The number of hydrogen-bond donors (Lipinski definition) is 2. The number of nitrogens with one attached hydrogen (secondary N) is 2. The summed E-state index contributed by atoms with van der Waals surface area (Å²) in [6, 6.07) is 0.481. The number of amides is 1. The van der Waals surface area contributed by atoms with Crippen LogP contribution in [0.1, 0.15) is 19.8 Å². The molecule has 2 aliphatic heterocycles. The van der Waals surface area contributed by atoms with Crippen molar-refractivity contribution in [2.24, 2.45) is 0 Å². The Kier molecular flexibility index (Phi) is 4.76. The molecule has 2 fully saturated rings. The van der Waals surface area contributed by atoms with Crippen molar-refractivity contribution in [2.45, 2.75) is 31.9 Å². The van der Waals surface area contributed by atoms with Crippen molar-refractivity contribution in [3.63, 3.8) is 0 Å². The summed E-state index contributed by atoms with van der Waals surface area (Å²) in [5.74, 6) is 0.120. The van der Waals surface area contributed by atoms with Crippen molar-refractivity contribution in [1.29, 1.82) is 0 Å². The maximum atomic E-state index is 11.7. The van der Waals surface area contributed by atoms with Gasteiger partial charge in [-0.2, -0.15) is 0 Å². The molecular formula is C12H23N3O2. The molecule has 5 nitrogen and oxygen atoms in total. The lowest BCUT2D eigenvalue weighted by molar-refractivity contribution is -0.123. The van der Waals surface area contributed by atoms with Gasteiger partial charge in [-0.15, -0.1) is 0 Å². The van der Waals surface area contributed by atoms with Gasteiger partial charge in [-0.3, -0.25) is 9.69 Å². The molecule has 2 aliphatic rings. The fourth-order valence-corrected chi connectivity index (χ4v) is 2.45. The lowest BCUT2D eigenvalue weighted by atomic mass is 10.2. The first kappa shape index (κ1) is 12.8. The van der Waals surface area contributed by atoms with Gasteiger partial charge in [-0.1, -0.05) is 0 Å². The summed E-state index contributed by atoms with van der Waals surface area (Å²) in [5, 5.41) is 6.33. The largest absolute Gasteiger partial charge is 0.376 e. The molecule has 0 saturated carbocycles. The van der Waals surface area contributed by atoms with Crippen LogP contribution in [0.4, 0.5) is 0 Å². The minimum atomic E-state index is 0.120. The van der Waals surface area contributed by atoms with E-state index in [1.54, 1.807) is 0 Å². The first-order valence-corrected chi connectivity index (χ1v) is 6.58. The Morgan fingerprint density at radius 2 is 2.47 bits per heavy atom. The molecule has 17 heavy (non-hydrogen) atoms. The second-order valence-corrected chi connectivity index (χ2v) is 5.03. The van der Waals surface area contributed by atoms with Crippen LogP contribution in [-0.2, 0) is 9.53 Å². The summed E-state index contributed by atoms with van der Waals surface area (Å²) in [4.78, 5) is 13.9. The Balaban J connectivity index is 1.62. The first-order chi connectivity index (χ1) is 8.24. The maximum Gasteiger partial charge on any atom is 0.234 e. The van der Waals surface area contributed by atoms with Crippen LogP contribution in [0, 0.1) is 0 Å². The molecule has 0 aromatic rings. The number of nitrogens with zero attached hydrogens (tertiary/aromatic N) is 1. The summed E-state index contributed by atoms with van der Waals surface area (Å²) in [5.41, 5.74) is 0. The molecule has 0 aromatic heterocycles. The predicted molar refractivity (Wildman–Crippen MR) is 65.9 cm³/mol. The van der Waals surface area contributed by atoms with E-state index in [2.05, 4.69) is 22.5 Å². The molecule has 2 heterocycles. The van der Waals surface area contributed by atoms with E-state index in [1.807, 2.05) is 0 Å². The Morgan fingerprint density at radius 3 is 3.18 bits per heavy atom. The smallest absolute Gasteiger partial charge is 0.234 e. The summed E-state index contributed by atoms with van der Waals surface area (Å²) in [6.07, 6.45) is 2.43. The van der Waals surface area contributed by atoms with Crippen LogP contribution < -0.4 is 10.6 Å². The highest BCUT2D eigenvalue weighted by atomic mass is 16.5. The molecule has 2 saturated heterocycles. The van der Waals surface area contributed by atoms with E-state index >= 15 is 0 Å². The van der Waals surface area contributed by atoms with Gasteiger partial charge in [0.1, 0.15) is 0 Å². The van der Waals surface area contributed by atoms with E-state index in [0.29, 0.717) is 19.1 Å². The molecule has 1 amide bonds. The van der Waals surface area contributed by atoms with Gasteiger partial charge in [0, 0.05) is 38.8 Å². The third-order valence-corrected chi connectivity index (χ3v) is 3.37. The molecule has 0 bridgehead atoms. The molecule has 98 valence electrons. The number of hydrogen-bond acceptors (Lipinski definition) is 4. The third kappa shape index (κ3) is 4.26. The highest BCUT2D eigenvalue weighted by molar-refractivity contribution is 5.78. The number of carbonyl (C=O) groups excluding carboxylic acids is 1. The Bertz CT molecular complexity index is 254. The highest BCUT2D eigenvalue weighted by Crippen LogP contribution is 2.10. The van der Waals surface area contributed by atoms with Crippen LogP contribution in [0.25, 0.3) is 0 Å². The quantitative estimate of drug-likeness (QED) is 0.701. The lowest BCUT2D eigenvalue weighted by Crippen LogP contribution is -2.52. The van der Waals surface area contributed by atoms with Crippen molar-refractivity contribution < 1.29 is 9.53 Å². The van der Waals surface area contributed by atoms with E-state index in [-0.39, 0.29) is 12.0 Å². The van der Waals surface area contributed by atoms with Crippen LogP contribution in [0.15, 0.2) is 0 Å². The molecule has 0 aliphatic carbocycles. The van der Waals surface area contributed by atoms with Crippen LogP contribution in [-0.4, -0.2) is 62.3 Å². The van der Waals surface area contributed by atoms with Crippen molar-refractivity contribution >= 4 is 5.91 Å². The fraction of sp³-hybridized carbons (Fsp3) is 0.917. The Hall–Kier alpha value is -0.650. The second-order valence-electron chi connectivity index (χ2n) is 5.03. The molecule has 0 aromatic carbocycles. The van der Waals surface area contributed by atoms with Crippen LogP contribution in [0.2, 0.25) is 0 Å². The van der Waals surface area contributed by atoms with Gasteiger partial charge in [0.2, 0.25) is 5.91 Å². The molecule has 2 atom stereocenters. The minimum absolute atomic E-state index is 0.120. The van der Waals surface area contributed by atoms with Crippen LogP contribution in [0.5, 0.6) is 0 Å². The topological polar surface area (TPSA) is 53.6 Å². The standard InChI is InChI=1S/C12H23N3O2/c1-10-8-15(5-4-13-10)9-12(16)14-7-11-3-2-6-17-11/h10-11,13H,2-9H2,1H3,(H,14,16)/t10-,11?/m0/s1. The zero-order valence-electron chi connectivity index (χ0n) is 10.6. The number of ether oxygens (including phenoxy) is 1. The van der Waals surface area contributed by atoms with E-state index in [0.717, 1.165) is 39.1 Å². The van der Waals surface area contributed by atoms with Crippen molar-refractivity contribution in [1.82, 2.24) is 15.5 Å². The monoisotopic (exact) mass is 241 g/mol. The molecule has 0 spiro atoms. The molecule has 0 radical (unpaired) electrons. The number of rotatable bonds is 4. The van der Waals surface area contributed by atoms with E-state index < -0.39 is 0 Å². The van der Waals surface area contributed by atoms with Gasteiger partial charge in [0.25, 0.3) is 0 Å². The fourth-order valence-electron chi connectivity index (χ4n) is 2.45. The average molecular weight is 241 g/mol. The lowest BCUT2D eigenvalue weighted by Gasteiger charge is -2.31. The highest BCUT2D eigenvalue weighted by Gasteiger charge is 2.19. The SMILES string of the molecule is C[C@H]1CN(CC(=O)NCC2CCCO2)CCN1. The normalized spacial score (nSPS) is 30.4. The molecule has 1 unspecified atom stereocenters. The molecule has 5 heteroatoms. The van der Waals surface area contributed by atoms with E-state index in [9.17, 15) is 4.79 Å². The van der Waals surface area contributed by atoms with Gasteiger partial charge in [-0.05, 0) is 19.8 Å². The molecular weight excluding hydrogens is 218 g/mol. The zero-order chi connectivity index (χ0) is 12.1. The van der Waals surface area contributed by atoms with E-state index in [1.165, 1.54) is 0 Å². The van der Waals surface area contributed by atoms with Crippen molar-refractivity contribution in [2.75, 3.05) is 39.3 Å². The first-order valence-electron chi connectivity index (χ1n) is 6.58. The van der Waals surface area contributed by atoms with Crippen LogP contribution >= 0.6 is 0 Å². The van der Waals surface area contributed by atoms with Gasteiger partial charge in [0.15, 0.2) is 0 Å². The third-order valence-electron chi connectivity index (χ3n) is 3.37. The molecule has 2 N–H and O–H groups in total. The van der Waals surface area contributed by atoms with Gasteiger partial charge < -0.3 is 15.4 Å². The van der Waals surface area contributed by atoms with Gasteiger partial charge in [-0.25, -0.2) is 0 Å². The van der Waals surface area contributed by atoms with E-state index in [4.69, 9.17) is 4.74 Å². The maximum absolute atomic E-state index is 11.7. The summed E-state index contributed by atoms with van der Waals surface area (Å²) >= 11 is 0. The summed E-state index contributed by atoms with van der Waals surface area (Å²) < 4.78 is 5.47. The van der Waals surface area contributed by atoms with Gasteiger partial charge >= 0.3 is 0 Å². The van der Waals surface area contributed by atoms with Crippen molar-refractivity contribution in [3.8, 4) is 0 Å². The minimum Gasteiger partial charge on any atom is -0.376 e. The zero-order valence-corrected chi connectivity index (χ0v) is 10.6. The average Bonchev–Trinajstić information content (AvgIpc) is 2.79.